The molecule has 0 saturated carbocycles. The summed E-state index contributed by atoms with van der Waals surface area (Å²) in [6.45, 7) is 2.13. The Bertz CT molecular complexity index is 680. The number of hydrogen-bond acceptors (Lipinski definition) is 5. The van der Waals surface area contributed by atoms with Crippen molar-refractivity contribution < 1.29 is 20.1 Å². The van der Waals surface area contributed by atoms with E-state index in [2.05, 4.69) is 31.2 Å². The van der Waals surface area contributed by atoms with Crippen LogP contribution in [0.15, 0.2) is 48.5 Å². The number of para-hydroxylation sites is 1. The number of rotatable bonds is 12. The molecule has 5 heteroatoms. The van der Waals surface area contributed by atoms with Gasteiger partial charge in [-0.25, -0.2) is 0 Å². The van der Waals surface area contributed by atoms with Gasteiger partial charge in [0.15, 0.2) is 0 Å². The number of aryl methyl sites for hydroxylation is 1. The maximum atomic E-state index is 9.20. The third kappa shape index (κ3) is 9.26. The van der Waals surface area contributed by atoms with Crippen LogP contribution in [0.25, 0.3) is 11.1 Å². The predicted octanol–water partition coefficient (Wildman–Crippen LogP) is 3.93. The molecule has 0 fully saturated rings. The van der Waals surface area contributed by atoms with E-state index < -0.39 is 5.54 Å². The molecular weight excluding hydrogens is 378 g/mol. The van der Waals surface area contributed by atoms with Gasteiger partial charge in [0.1, 0.15) is 5.75 Å². The summed E-state index contributed by atoms with van der Waals surface area (Å²) in [6, 6.07) is 16.3. The second kappa shape index (κ2) is 15.0. The first-order valence-corrected chi connectivity index (χ1v) is 10.9. The van der Waals surface area contributed by atoms with Crippen molar-refractivity contribution in [3.05, 3.63) is 54.1 Å². The van der Waals surface area contributed by atoms with Crippen molar-refractivity contribution in [1.82, 2.24) is 0 Å². The molecule has 5 N–H and O–H groups in total. The average Bonchev–Trinajstić information content (AvgIpc) is 2.80. The first kappa shape index (κ1) is 26.1. The van der Waals surface area contributed by atoms with Crippen LogP contribution in [0.3, 0.4) is 0 Å². The van der Waals surface area contributed by atoms with E-state index in [-0.39, 0.29) is 13.2 Å². The molecule has 0 radical (unpaired) electrons. The average molecular weight is 418 g/mol. The van der Waals surface area contributed by atoms with Crippen LogP contribution in [0.2, 0.25) is 0 Å². The Hall–Kier alpha value is -1.92. The molecule has 0 bridgehead atoms. The van der Waals surface area contributed by atoms with Crippen molar-refractivity contribution in [2.75, 3.05) is 26.9 Å². The van der Waals surface area contributed by atoms with Gasteiger partial charge in [0.05, 0.1) is 25.9 Å². The Morgan fingerprint density at radius 2 is 1.53 bits per heavy atom. The minimum atomic E-state index is -0.878. The smallest absolute Gasteiger partial charge is 0.126 e. The van der Waals surface area contributed by atoms with Crippen LogP contribution in [0.1, 0.15) is 51.0 Å². The van der Waals surface area contributed by atoms with E-state index in [1.807, 2.05) is 24.3 Å². The molecule has 0 aliphatic heterocycles. The first-order chi connectivity index (χ1) is 14.5. The third-order valence-corrected chi connectivity index (χ3v) is 5.15. The summed E-state index contributed by atoms with van der Waals surface area (Å²) < 4.78 is 5.40. The fraction of sp³-hybridized carbons (Fsp3) is 0.520. The summed E-state index contributed by atoms with van der Waals surface area (Å²) in [5.74, 6) is 0.860. The fourth-order valence-corrected chi connectivity index (χ4v) is 3.13. The predicted molar refractivity (Wildman–Crippen MR) is 124 cm³/mol. The minimum Gasteiger partial charge on any atom is -0.496 e. The lowest BCUT2D eigenvalue weighted by Crippen LogP contribution is -2.47. The van der Waals surface area contributed by atoms with Gasteiger partial charge >= 0.3 is 0 Å². The number of aliphatic hydroxyl groups is 3. The van der Waals surface area contributed by atoms with Gasteiger partial charge in [-0.15, -0.1) is 0 Å². The Morgan fingerprint density at radius 1 is 0.867 bits per heavy atom. The lowest BCUT2D eigenvalue weighted by molar-refractivity contribution is 0.113. The van der Waals surface area contributed by atoms with E-state index in [0.717, 1.165) is 36.1 Å². The maximum absolute atomic E-state index is 9.20. The summed E-state index contributed by atoms with van der Waals surface area (Å²) in [5, 5.41) is 26.7. The lowest BCUT2D eigenvalue weighted by atomic mass is 9.93. The summed E-state index contributed by atoms with van der Waals surface area (Å²) >= 11 is 0. The van der Waals surface area contributed by atoms with Gasteiger partial charge in [-0.3, -0.25) is 0 Å². The number of ether oxygens (including phenoxy) is 1. The van der Waals surface area contributed by atoms with Crippen LogP contribution in [0.4, 0.5) is 0 Å². The highest BCUT2D eigenvalue weighted by Gasteiger charge is 2.22. The van der Waals surface area contributed by atoms with Crippen LogP contribution < -0.4 is 10.5 Å². The first-order valence-electron chi connectivity index (χ1n) is 10.9. The standard InChI is InChI=1S/C19H25NO3.C6H14O/c1-23-18-7-3-2-6-17(18)16-10-8-15(9-11-16)5-4-12-19(20,13-21)14-22;1-2-3-4-5-6-7/h2-3,6-11,21-22H,4-5,12-14,20H2,1H3;7H,2-6H2,1H3. The minimum absolute atomic E-state index is 0.198. The molecule has 0 unspecified atom stereocenters. The number of methoxy groups -OCH3 is 1. The highest BCUT2D eigenvalue weighted by atomic mass is 16.5. The van der Waals surface area contributed by atoms with Gasteiger partial charge in [0.25, 0.3) is 0 Å². The van der Waals surface area contributed by atoms with Gasteiger partial charge in [-0.2, -0.15) is 0 Å². The Balaban J connectivity index is 0.000000553. The van der Waals surface area contributed by atoms with E-state index in [4.69, 9.17) is 15.6 Å². The molecule has 30 heavy (non-hydrogen) atoms. The van der Waals surface area contributed by atoms with Gasteiger partial charge in [0.2, 0.25) is 0 Å². The third-order valence-electron chi connectivity index (χ3n) is 5.15. The van der Waals surface area contributed by atoms with Crippen molar-refractivity contribution in [3.63, 3.8) is 0 Å². The maximum Gasteiger partial charge on any atom is 0.126 e. The topological polar surface area (TPSA) is 95.9 Å². The summed E-state index contributed by atoms with van der Waals surface area (Å²) in [6.07, 6.45) is 6.96. The second-order valence-electron chi connectivity index (χ2n) is 7.71. The molecular formula is C25H39NO4. The molecule has 0 amide bonds. The number of hydrogen-bond donors (Lipinski definition) is 4. The molecule has 0 aromatic heterocycles. The van der Waals surface area contributed by atoms with Crippen LogP contribution in [-0.4, -0.2) is 47.8 Å². The summed E-state index contributed by atoms with van der Waals surface area (Å²) in [7, 11) is 1.68. The Labute approximate surface area is 181 Å². The number of unbranched alkanes of at least 4 members (excludes halogenated alkanes) is 3. The number of benzene rings is 2. The Kier molecular flexibility index (Phi) is 13.0. The van der Waals surface area contributed by atoms with Crippen LogP contribution in [0.5, 0.6) is 5.75 Å². The highest BCUT2D eigenvalue weighted by Crippen LogP contribution is 2.29. The van der Waals surface area contributed by atoms with E-state index in [1.165, 1.54) is 24.8 Å². The van der Waals surface area contributed by atoms with Crippen molar-refractivity contribution in [2.24, 2.45) is 5.73 Å². The molecule has 0 atom stereocenters. The van der Waals surface area contributed by atoms with Crippen molar-refractivity contribution >= 4 is 0 Å². The molecule has 0 aliphatic carbocycles. The lowest BCUT2D eigenvalue weighted by Gasteiger charge is -2.24. The van der Waals surface area contributed by atoms with Crippen LogP contribution >= 0.6 is 0 Å². The largest absolute Gasteiger partial charge is 0.496 e. The van der Waals surface area contributed by atoms with Crippen LogP contribution in [-0.2, 0) is 6.42 Å². The number of aliphatic hydroxyl groups excluding tert-OH is 3. The molecule has 168 valence electrons. The van der Waals surface area contributed by atoms with Gasteiger partial charge in [0, 0.05) is 12.2 Å². The molecule has 0 aliphatic rings. The molecule has 0 saturated heterocycles. The molecule has 2 aromatic rings. The van der Waals surface area contributed by atoms with E-state index >= 15 is 0 Å². The zero-order chi connectivity index (χ0) is 22.2. The van der Waals surface area contributed by atoms with E-state index in [0.29, 0.717) is 13.0 Å². The van der Waals surface area contributed by atoms with Crippen molar-refractivity contribution in [1.29, 1.82) is 0 Å². The van der Waals surface area contributed by atoms with Gasteiger partial charge in [-0.05, 0) is 42.9 Å². The summed E-state index contributed by atoms with van der Waals surface area (Å²) in [5.41, 5.74) is 8.40. The quantitative estimate of drug-likeness (QED) is 0.393. The molecule has 5 nitrogen and oxygen atoms in total. The zero-order valence-corrected chi connectivity index (χ0v) is 18.5. The van der Waals surface area contributed by atoms with Gasteiger partial charge in [-0.1, -0.05) is 68.7 Å². The van der Waals surface area contributed by atoms with E-state index in [9.17, 15) is 10.2 Å². The fourth-order valence-electron chi connectivity index (χ4n) is 3.13. The highest BCUT2D eigenvalue weighted by molar-refractivity contribution is 5.70. The van der Waals surface area contributed by atoms with Crippen molar-refractivity contribution in [2.45, 2.75) is 57.4 Å². The zero-order valence-electron chi connectivity index (χ0n) is 18.5. The Morgan fingerprint density at radius 3 is 2.10 bits per heavy atom. The summed E-state index contributed by atoms with van der Waals surface area (Å²) in [4.78, 5) is 0. The van der Waals surface area contributed by atoms with Crippen molar-refractivity contribution in [3.8, 4) is 16.9 Å². The molecule has 2 rings (SSSR count). The number of nitrogens with two attached hydrogens (primary N) is 1. The molecule has 0 spiro atoms. The van der Waals surface area contributed by atoms with Crippen LogP contribution in [0, 0.1) is 0 Å². The monoisotopic (exact) mass is 417 g/mol. The molecule has 0 heterocycles. The van der Waals surface area contributed by atoms with E-state index in [1.54, 1.807) is 7.11 Å². The SMILES string of the molecule is CCCCCCO.COc1ccccc1-c1ccc(CCCC(N)(CO)CO)cc1. The molecule has 2 aromatic carbocycles. The van der Waals surface area contributed by atoms with Gasteiger partial charge < -0.3 is 25.8 Å². The normalized spacial score (nSPS) is 11.0. The second-order valence-corrected chi connectivity index (χ2v) is 7.71.